The van der Waals surface area contributed by atoms with Crippen molar-refractivity contribution in [3.63, 3.8) is 0 Å². The van der Waals surface area contributed by atoms with E-state index in [0.717, 1.165) is 37.6 Å². The highest BCUT2D eigenvalue weighted by atomic mass is 19.1. The second-order valence-electron chi connectivity index (χ2n) is 5.69. The highest BCUT2D eigenvalue weighted by Crippen LogP contribution is 2.35. The average Bonchev–Trinajstić information content (AvgIpc) is 2.72. The predicted octanol–water partition coefficient (Wildman–Crippen LogP) is 2.12. The van der Waals surface area contributed by atoms with Crippen molar-refractivity contribution in [2.75, 3.05) is 33.7 Å². The molecule has 0 aromatic heterocycles. The highest BCUT2D eigenvalue weighted by Gasteiger charge is 2.31. The van der Waals surface area contributed by atoms with E-state index in [2.05, 4.69) is 9.80 Å². The van der Waals surface area contributed by atoms with Gasteiger partial charge in [0.15, 0.2) is 0 Å². The van der Waals surface area contributed by atoms with Crippen molar-refractivity contribution in [2.45, 2.75) is 25.4 Å². The predicted molar refractivity (Wildman–Crippen MR) is 76.4 cm³/mol. The Morgan fingerprint density at radius 2 is 2.05 bits per heavy atom. The molecular formula is C15H23F2N3. The van der Waals surface area contributed by atoms with Crippen LogP contribution < -0.4 is 5.73 Å². The first-order chi connectivity index (χ1) is 9.52. The molecule has 0 fully saturated rings. The van der Waals surface area contributed by atoms with Gasteiger partial charge in [0, 0.05) is 30.8 Å². The van der Waals surface area contributed by atoms with Gasteiger partial charge in [0.2, 0.25) is 0 Å². The van der Waals surface area contributed by atoms with Gasteiger partial charge >= 0.3 is 0 Å². The zero-order chi connectivity index (χ0) is 14.7. The zero-order valence-corrected chi connectivity index (χ0v) is 12.2. The standard InChI is InChI=1S/C15H23F2N3/c1-19(2)5-3-4-6-20-10-13-12(15(20)9-18)7-11(16)8-14(13)17/h7-8,15H,3-6,9-10,18H2,1-2H3. The largest absolute Gasteiger partial charge is 0.329 e. The van der Waals surface area contributed by atoms with E-state index in [1.54, 1.807) is 0 Å². The van der Waals surface area contributed by atoms with Gasteiger partial charge in [-0.3, -0.25) is 4.90 Å². The maximum atomic E-state index is 13.8. The van der Waals surface area contributed by atoms with E-state index < -0.39 is 11.6 Å². The fraction of sp³-hybridized carbons (Fsp3) is 0.600. The molecule has 1 aliphatic heterocycles. The van der Waals surface area contributed by atoms with E-state index in [9.17, 15) is 8.78 Å². The lowest BCUT2D eigenvalue weighted by atomic mass is 10.0. The van der Waals surface area contributed by atoms with Crippen molar-refractivity contribution in [3.05, 3.63) is 34.9 Å². The van der Waals surface area contributed by atoms with Crippen LogP contribution in [0.4, 0.5) is 8.78 Å². The molecule has 1 atom stereocenters. The van der Waals surface area contributed by atoms with Gasteiger partial charge in [-0.1, -0.05) is 0 Å². The summed E-state index contributed by atoms with van der Waals surface area (Å²) in [4.78, 5) is 4.30. The third kappa shape index (κ3) is 3.34. The summed E-state index contributed by atoms with van der Waals surface area (Å²) in [5.74, 6) is -0.969. The molecule has 2 N–H and O–H groups in total. The molecule has 0 aliphatic carbocycles. The Balaban J connectivity index is 2.02. The zero-order valence-electron chi connectivity index (χ0n) is 12.2. The first-order valence-corrected chi connectivity index (χ1v) is 7.09. The molecule has 1 aromatic rings. The average molecular weight is 283 g/mol. The third-order valence-electron chi connectivity index (χ3n) is 3.88. The third-order valence-corrected chi connectivity index (χ3v) is 3.88. The topological polar surface area (TPSA) is 32.5 Å². The molecule has 1 aliphatic rings. The van der Waals surface area contributed by atoms with Gasteiger partial charge in [-0.25, -0.2) is 8.78 Å². The van der Waals surface area contributed by atoms with Crippen molar-refractivity contribution in [2.24, 2.45) is 5.73 Å². The quantitative estimate of drug-likeness (QED) is 0.812. The summed E-state index contributed by atoms with van der Waals surface area (Å²) in [7, 11) is 4.10. The minimum Gasteiger partial charge on any atom is -0.329 e. The maximum Gasteiger partial charge on any atom is 0.130 e. The minimum atomic E-state index is -0.519. The lowest BCUT2D eigenvalue weighted by Crippen LogP contribution is -2.29. The van der Waals surface area contributed by atoms with E-state index >= 15 is 0 Å². The summed E-state index contributed by atoms with van der Waals surface area (Å²) in [5, 5.41) is 0. The Hall–Kier alpha value is -1.04. The molecule has 1 aromatic carbocycles. The van der Waals surface area contributed by atoms with Crippen LogP contribution in [0.2, 0.25) is 0 Å². The highest BCUT2D eigenvalue weighted by molar-refractivity contribution is 5.36. The van der Waals surface area contributed by atoms with E-state index in [1.165, 1.54) is 6.07 Å². The summed E-state index contributed by atoms with van der Waals surface area (Å²) in [6, 6.07) is 2.33. The lowest BCUT2D eigenvalue weighted by molar-refractivity contribution is 0.211. The van der Waals surface area contributed by atoms with Crippen LogP contribution in [0, 0.1) is 11.6 Å². The summed E-state index contributed by atoms with van der Waals surface area (Å²) in [5.41, 5.74) is 7.12. The number of benzene rings is 1. The van der Waals surface area contributed by atoms with Gasteiger partial charge in [-0.05, 0) is 51.7 Å². The first kappa shape index (κ1) is 15.4. The van der Waals surface area contributed by atoms with Gasteiger partial charge in [-0.15, -0.1) is 0 Å². The number of halogens is 2. The van der Waals surface area contributed by atoms with Gasteiger partial charge in [0.05, 0.1) is 0 Å². The van der Waals surface area contributed by atoms with Gasteiger partial charge < -0.3 is 10.6 Å². The molecule has 1 unspecified atom stereocenters. The summed E-state index contributed by atoms with van der Waals surface area (Å²) in [6.45, 7) is 2.83. The molecule has 0 spiro atoms. The number of nitrogens with zero attached hydrogens (tertiary/aromatic N) is 2. The molecule has 5 heteroatoms. The fourth-order valence-corrected chi connectivity index (χ4v) is 2.85. The number of hydrogen-bond donors (Lipinski definition) is 1. The number of unbranched alkanes of at least 4 members (excludes halogenated alkanes) is 1. The van der Waals surface area contributed by atoms with Crippen molar-refractivity contribution in [3.8, 4) is 0 Å². The van der Waals surface area contributed by atoms with Crippen molar-refractivity contribution < 1.29 is 8.78 Å². The Bertz CT molecular complexity index is 463. The van der Waals surface area contributed by atoms with Crippen LogP contribution in [-0.4, -0.2) is 43.5 Å². The van der Waals surface area contributed by atoms with Crippen LogP contribution in [0.1, 0.15) is 30.0 Å². The second kappa shape index (κ2) is 6.61. The van der Waals surface area contributed by atoms with Crippen LogP contribution in [0.25, 0.3) is 0 Å². The Kier molecular flexibility index (Phi) is 5.07. The molecule has 20 heavy (non-hydrogen) atoms. The van der Waals surface area contributed by atoms with Crippen LogP contribution >= 0.6 is 0 Å². The molecule has 3 nitrogen and oxygen atoms in total. The molecule has 1 heterocycles. The van der Waals surface area contributed by atoms with E-state index in [0.29, 0.717) is 18.7 Å². The van der Waals surface area contributed by atoms with E-state index in [4.69, 9.17) is 5.73 Å². The first-order valence-electron chi connectivity index (χ1n) is 7.09. The fourth-order valence-electron chi connectivity index (χ4n) is 2.85. The van der Waals surface area contributed by atoms with Crippen LogP contribution in [0.15, 0.2) is 12.1 Å². The van der Waals surface area contributed by atoms with Gasteiger partial charge in [0.25, 0.3) is 0 Å². The summed E-state index contributed by atoms with van der Waals surface area (Å²) >= 11 is 0. The van der Waals surface area contributed by atoms with Gasteiger partial charge in [-0.2, -0.15) is 0 Å². The molecule has 0 radical (unpaired) electrons. The molecule has 0 saturated heterocycles. The normalized spacial score (nSPS) is 18.8. The van der Waals surface area contributed by atoms with E-state index in [-0.39, 0.29) is 6.04 Å². The SMILES string of the molecule is CN(C)CCCCN1Cc2c(F)cc(F)cc2C1CN. The molecular weight excluding hydrogens is 260 g/mol. The van der Waals surface area contributed by atoms with Crippen LogP contribution in [0.3, 0.4) is 0 Å². The van der Waals surface area contributed by atoms with Crippen molar-refractivity contribution in [1.82, 2.24) is 9.80 Å². The van der Waals surface area contributed by atoms with Crippen LogP contribution in [-0.2, 0) is 6.54 Å². The molecule has 0 saturated carbocycles. The number of fused-ring (bicyclic) bond motifs is 1. The molecule has 0 bridgehead atoms. The minimum absolute atomic E-state index is 0.0606. The Labute approximate surface area is 119 Å². The monoisotopic (exact) mass is 283 g/mol. The molecule has 0 amide bonds. The number of nitrogens with two attached hydrogens (primary N) is 1. The lowest BCUT2D eigenvalue weighted by Gasteiger charge is -2.24. The molecule has 2 rings (SSSR count). The number of rotatable bonds is 6. The Morgan fingerprint density at radius 3 is 2.70 bits per heavy atom. The van der Waals surface area contributed by atoms with Gasteiger partial charge in [0.1, 0.15) is 11.6 Å². The van der Waals surface area contributed by atoms with Crippen LogP contribution in [0.5, 0.6) is 0 Å². The van der Waals surface area contributed by atoms with E-state index in [1.807, 2.05) is 14.1 Å². The summed E-state index contributed by atoms with van der Waals surface area (Å²) < 4.78 is 27.2. The van der Waals surface area contributed by atoms with Crippen molar-refractivity contribution >= 4 is 0 Å². The van der Waals surface area contributed by atoms with Crippen molar-refractivity contribution in [1.29, 1.82) is 0 Å². The molecule has 112 valence electrons. The summed E-state index contributed by atoms with van der Waals surface area (Å²) in [6.07, 6.45) is 2.13. The smallest absolute Gasteiger partial charge is 0.130 e. The maximum absolute atomic E-state index is 13.8. The second-order valence-corrected chi connectivity index (χ2v) is 5.69. The number of hydrogen-bond acceptors (Lipinski definition) is 3. The Morgan fingerprint density at radius 1 is 1.30 bits per heavy atom.